The van der Waals surface area contributed by atoms with Crippen LogP contribution in [0.4, 0.5) is 0 Å². The number of carbonyl (C=O) groups excluding carboxylic acids is 1. The molecule has 0 bridgehead atoms. The fourth-order valence-electron chi connectivity index (χ4n) is 2.62. The van der Waals surface area contributed by atoms with Gasteiger partial charge in [-0.2, -0.15) is 5.30 Å². The number of hydrogen-bond acceptors (Lipinski definition) is 3. The van der Waals surface area contributed by atoms with Crippen molar-refractivity contribution in [2.75, 3.05) is 13.2 Å². The molecule has 0 spiro atoms. The number of benzene rings is 2. The molecule has 0 saturated heterocycles. The van der Waals surface area contributed by atoms with E-state index in [1.165, 1.54) is 12.8 Å². The van der Waals surface area contributed by atoms with Crippen LogP contribution >= 0.6 is 8.58 Å². The maximum Gasteiger partial charge on any atom is 1.00 e. The standard InChI is InChI=1S/C23H30O3P.Li/c1-3-5-10-16-25-20-14-15-22(21(18-20)26-17-11-6-4-2)27-23(24)19-12-8-7-9-13-19;/h7-9,12-15,18H,3-6,10-11,16-17H2,1-2H3;/q-1;+1. The fraction of sp³-hybridized carbons (Fsp3) is 0.435. The summed E-state index contributed by atoms with van der Waals surface area (Å²) in [6.07, 6.45) is 6.71. The molecule has 0 saturated carbocycles. The summed E-state index contributed by atoms with van der Waals surface area (Å²) in [4.78, 5) is 12.6. The van der Waals surface area contributed by atoms with E-state index in [4.69, 9.17) is 9.47 Å². The Balaban J connectivity index is 0.00000392. The van der Waals surface area contributed by atoms with Crippen LogP contribution < -0.4 is 33.6 Å². The maximum absolute atomic E-state index is 12.6. The van der Waals surface area contributed by atoms with E-state index in [0.717, 1.165) is 48.1 Å². The van der Waals surface area contributed by atoms with Gasteiger partial charge in [0.1, 0.15) is 5.75 Å². The largest absolute Gasteiger partial charge is 1.00 e. The third-order valence-corrected chi connectivity index (χ3v) is 5.27. The van der Waals surface area contributed by atoms with Crippen LogP contribution in [0.15, 0.2) is 48.5 Å². The molecule has 0 N–H and O–H groups in total. The second-order valence-corrected chi connectivity index (χ2v) is 7.64. The van der Waals surface area contributed by atoms with Gasteiger partial charge in [0.25, 0.3) is 0 Å². The average Bonchev–Trinajstić information content (AvgIpc) is 2.70. The summed E-state index contributed by atoms with van der Waals surface area (Å²) in [5, 5.41) is 0.890. The van der Waals surface area contributed by atoms with E-state index in [2.05, 4.69) is 13.8 Å². The van der Waals surface area contributed by atoms with Crippen LogP contribution in [0, 0.1) is 0 Å². The van der Waals surface area contributed by atoms with Gasteiger partial charge < -0.3 is 22.8 Å². The minimum Gasteiger partial charge on any atom is -0.496 e. The third kappa shape index (κ3) is 8.83. The molecule has 0 radical (unpaired) electrons. The molecule has 0 amide bonds. The van der Waals surface area contributed by atoms with E-state index < -0.39 is 0 Å². The monoisotopic (exact) mass is 392 g/mol. The molecule has 2 aromatic carbocycles. The van der Waals surface area contributed by atoms with E-state index in [-0.39, 0.29) is 24.4 Å². The van der Waals surface area contributed by atoms with Crippen molar-refractivity contribution >= 4 is 19.4 Å². The van der Waals surface area contributed by atoms with Crippen LogP contribution in [0.2, 0.25) is 0 Å². The number of unbranched alkanes of at least 4 members (excludes halogenated alkanes) is 4. The van der Waals surface area contributed by atoms with Gasteiger partial charge in [-0.1, -0.05) is 75.9 Å². The normalized spacial score (nSPS) is 10.6. The second kappa shape index (κ2) is 14.7. The Morgan fingerprint density at radius 3 is 2.14 bits per heavy atom. The van der Waals surface area contributed by atoms with E-state index in [0.29, 0.717) is 21.8 Å². The first-order chi connectivity index (χ1) is 13.2. The first kappa shape index (κ1) is 24.8. The summed E-state index contributed by atoms with van der Waals surface area (Å²) in [6.45, 7) is 5.73. The molecule has 0 unspecified atom stereocenters. The molecule has 0 aliphatic rings. The SMILES string of the molecule is CCCCCOc1ccc([P-]C(=O)c2ccccc2)c(OCCCCC)c1.[Li+]. The summed E-state index contributed by atoms with van der Waals surface area (Å²) >= 11 is 0. The molecule has 28 heavy (non-hydrogen) atoms. The van der Waals surface area contributed by atoms with Crippen LogP contribution in [0.25, 0.3) is 0 Å². The van der Waals surface area contributed by atoms with Crippen LogP contribution in [0.5, 0.6) is 11.5 Å². The Kier molecular flexibility index (Phi) is 13.0. The van der Waals surface area contributed by atoms with Crippen molar-refractivity contribution in [3.05, 3.63) is 54.1 Å². The van der Waals surface area contributed by atoms with Gasteiger partial charge >= 0.3 is 18.9 Å². The Labute approximate surface area is 183 Å². The Bertz CT molecular complexity index is 692. The Morgan fingerprint density at radius 1 is 0.857 bits per heavy atom. The molecule has 0 heterocycles. The van der Waals surface area contributed by atoms with E-state index in [1.807, 2.05) is 48.5 Å². The van der Waals surface area contributed by atoms with Gasteiger partial charge in [-0.05, 0) is 24.5 Å². The molecule has 0 atom stereocenters. The Hall–Kier alpha value is -1.26. The predicted molar refractivity (Wildman–Crippen MR) is 114 cm³/mol. The third-order valence-electron chi connectivity index (χ3n) is 4.20. The zero-order valence-electron chi connectivity index (χ0n) is 17.4. The van der Waals surface area contributed by atoms with Gasteiger partial charge in [0.2, 0.25) is 0 Å². The average molecular weight is 392 g/mol. The van der Waals surface area contributed by atoms with Gasteiger partial charge in [0, 0.05) is 11.6 Å². The number of rotatable bonds is 13. The fourth-order valence-corrected chi connectivity index (χ4v) is 3.51. The topological polar surface area (TPSA) is 35.5 Å². The zero-order valence-corrected chi connectivity index (χ0v) is 18.3. The molecule has 0 fully saturated rings. The van der Waals surface area contributed by atoms with Crippen molar-refractivity contribution < 1.29 is 33.1 Å². The second-order valence-electron chi connectivity index (χ2n) is 6.52. The number of carbonyl (C=O) groups is 1. The minimum atomic E-state index is 0. The van der Waals surface area contributed by atoms with Gasteiger partial charge in [0.15, 0.2) is 0 Å². The Morgan fingerprint density at radius 2 is 1.50 bits per heavy atom. The van der Waals surface area contributed by atoms with Crippen LogP contribution in [0.3, 0.4) is 0 Å². The van der Waals surface area contributed by atoms with Gasteiger partial charge in [-0.15, -0.1) is 0 Å². The summed E-state index contributed by atoms with van der Waals surface area (Å²) in [5.74, 6) is 1.56. The van der Waals surface area contributed by atoms with Crippen LogP contribution in [-0.4, -0.2) is 18.7 Å². The van der Waals surface area contributed by atoms with Crippen LogP contribution in [-0.2, 0) is 0 Å². The predicted octanol–water partition coefficient (Wildman–Crippen LogP) is 3.24. The van der Waals surface area contributed by atoms with E-state index in [9.17, 15) is 4.79 Å². The summed E-state index contributed by atoms with van der Waals surface area (Å²) in [7, 11) is 0.627. The van der Waals surface area contributed by atoms with Gasteiger partial charge in [0.05, 0.1) is 19.0 Å². The molecular weight excluding hydrogens is 362 g/mol. The molecular formula is C23H30LiO3P. The van der Waals surface area contributed by atoms with Gasteiger partial charge in [-0.3, -0.25) is 0 Å². The quantitative estimate of drug-likeness (QED) is 0.298. The van der Waals surface area contributed by atoms with Crippen LogP contribution in [0.1, 0.15) is 62.7 Å². The number of ether oxygens (including phenoxy) is 2. The summed E-state index contributed by atoms with van der Waals surface area (Å²) in [6, 6.07) is 15.2. The van der Waals surface area contributed by atoms with Crippen molar-refractivity contribution in [1.82, 2.24) is 0 Å². The van der Waals surface area contributed by atoms with Crippen molar-refractivity contribution in [2.24, 2.45) is 0 Å². The minimum absolute atomic E-state index is 0. The zero-order chi connectivity index (χ0) is 19.3. The summed E-state index contributed by atoms with van der Waals surface area (Å²) in [5.41, 5.74) is 0.793. The molecule has 0 aliphatic carbocycles. The molecule has 2 aromatic rings. The van der Waals surface area contributed by atoms with Crippen molar-refractivity contribution in [2.45, 2.75) is 52.4 Å². The first-order valence-corrected chi connectivity index (χ1v) is 10.8. The van der Waals surface area contributed by atoms with Crippen molar-refractivity contribution in [1.29, 1.82) is 0 Å². The van der Waals surface area contributed by atoms with E-state index in [1.54, 1.807) is 0 Å². The molecule has 3 nitrogen and oxygen atoms in total. The summed E-state index contributed by atoms with van der Waals surface area (Å²) < 4.78 is 11.9. The molecule has 2 rings (SSSR count). The molecule has 146 valence electrons. The maximum atomic E-state index is 12.6. The van der Waals surface area contributed by atoms with E-state index >= 15 is 0 Å². The first-order valence-electron chi connectivity index (χ1n) is 9.95. The van der Waals surface area contributed by atoms with Crippen molar-refractivity contribution in [3.63, 3.8) is 0 Å². The smallest absolute Gasteiger partial charge is 0.496 e. The van der Waals surface area contributed by atoms with Gasteiger partial charge in [-0.25, -0.2) is 0 Å². The van der Waals surface area contributed by atoms with Crippen molar-refractivity contribution in [3.8, 4) is 11.5 Å². The molecule has 5 heteroatoms. The molecule has 0 aliphatic heterocycles. The number of hydrogen-bond donors (Lipinski definition) is 0. The molecule has 0 aromatic heterocycles.